The number of anilines is 1. The Kier molecular flexibility index (Phi) is 4.68. The van der Waals surface area contributed by atoms with Crippen LogP contribution >= 0.6 is 0 Å². The number of halogens is 1. The van der Waals surface area contributed by atoms with Gasteiger partial charge in [-0.2, -0.15) is 4.57 Å². The van der Waals surface area contributed by atoms with E-state index in [0.717, 1.165) is 12.1 Å². The minimum Gasteiger partial charge on any atom is -0.320 e. The third kappa shape index (κ3) is 3.66. The molecule has 0 saturated carbocycles. The smallest absolute Gasteiger partial charge is 0.293 e. The maximum atomic E-state index is 12.9. The number of aromatic nitrogens is 1. The molecule has 1 aromatic heterocycles. The van der Waals surface area contributed by atoms with Crippen LogP contribution in [-0.4, -0.2) is 5.91 Å². The maximum absolute atomic E-state index is 12.9. The Hall–Kier alpha value is -2.23. The first-order valence-electron chi connectivity index (χ1n) is 7.08. The fourth-order valence-electron chi connectivity index (χ4n) is 2.17. The van der Waals surface area contributed by atoms with Gasteiger partial charge >= 0.3 is 0 Å². The number of pyridine rings is 1. The molecule has 3 nitrogen and oxygen atoms in total. The molecule has 0 saturated heterocycles. The highest BCUT2D eigenvalue weighted by Gasteiger charge is 2.24. The highest BCUT2D eigenvalue weighted by atomic mass is 19.1. The van der Waals surface area contributed by atoms with E-state index in [-0.39, 0.29) is 17.8 Å². The quantitative estimate of drug-likeness (QED) is 0.861. The molecular formula is C17H20FN2O+. The number of hydrogen-bond donors (Lipinski definition) is 1. The standard InChI is InChI=1S/C17H19FN2O/c1-4-14-6-5-12(2)20(11-14)13(3)17(21)19-16-9-7-15(18)8-10-16/h5-11,13H,4H2,1-3H3/p+1/t13-/m0/s1. The van der Waals surface area contributed by atoms with E-state index in [1.54, 1.807) is 12.1 Å². The Balaban J connectivity index is 2.17. The molecule has 0 spiro atoms. The van der Waals surface area contributed by atoms with E-state index in [1.165, 1.54) is 17.7 Å². The van der Waals surface area contributed by atoms with E-state index >= 15 is 0 Å². The summed E-state index contributed by atoms with van der Waals surface area (Å²) in [5.41, 5.74) is 2.80. The van der Waals surface area contributed by atoms with Crippen LogP contribution < -0.4 is 9.88 Å². The van der Waals surface area contributed by atoms with Crippen molar-refractivity contribution in [3.05, 3.63) is 59.7 Å². The highest BCUT2D eigenvalue weighted by Crippen LogP contribution is 2.11. The van der Waals surface area contributed by atoms with E-state index < -0.39 is 0 Å². The molecular weight excluding hydrogens is 267 g/mol. The summed E-state index contributed by atoms with van der Waals surface area (Å²) < 4.78 is 14.8. The number of rotatable bonds is 4. The van der Waals surface area contributed by atoms with E-state index in [9.17, 15) is 9.18 Å². The fourth-order valence-corrected chi connectivity index (χ4v) is 2.17. The van der Waals surface area contributed by atoms with Crippen LogP contribution in [0, 0.1) is 12.7 Å². The second kappa shape index (κ2) is 6.48. The van der Waals surface area contributed by atoms with Gasteiger partial charge in [-0.25, -0.2) is 4.39 Å². The minimum atomic E-state index is -0.332. The number of hydrogen-bond acceptors (Lipinski definition) is 1. The summed E-state index contributed by atoms with van der Waals surface area (Å²) in [6, 6.07) is 9.52. The van der Waals surface area contributed by atoms with Gasteiger partial charge in [0.05, 0.1) is 0 Å². The topological polar surface area (TPSA) is 33.0 Å². The predicted molar refractivity (Wildman–Crippen MR) is 80.5 cm³/mol. The Morgan fingerprint density at radius 2 is 1.90 bits per heavy atom. The molecule has 1 heterocycles. The number of nitrogens with zero attached hydrogens (tertiary/aromatic N) is 1. The van der Waals surface area contributed by atoms with Crippen molar-refractivity contribution in [2.75, 3.05) is 5.32 Å². The van der Waals surface area contributed by atoms with Crippen molar-refractivity contribution in [2.24, 2.45) is 0 Å². The normalized spacial score (nSPS) is 12.0. The maximum Gasteiger partial charge on any atom is 0.293 e. The Bertz CT molecular complexity index is 638. The van der Waals surface area contributed by atoms with Crippen molar-refractivity contribution in [2.45, 2.75) is 33.2 Å². The van der Waals surface area contributed by atoms with Crippen molar-refractivity contribution in [3.63, 3.8) is 0 Å². The summed E-state index contributed by atoms with van der Waals surface area (Å²) in [5, 5.41) is 2.81. The van der Waals surface area contributed by atoms with Crippen LogP contribution in [0.3, 0.4) is 0 Å². The molecule has 0 aliphatic heterocycles. The number of amides is 1. The summed E-state index contributed by atoms with van der Waals surface area (Å²) in [6.45, 7) is 5.91. The van der Waals surface area contributed by atoms with Crippen LogP contribution in [-0.2, 0) is 11.2 Å². The number of carbonyl (C=O) groups is 1. The van der Waals surface area contributed by atoms with Crippen LogP contribution in [0.1, 0.15) is 31.1 Å². The lowest BCUT2D eigenvalue weighted by Gasteiger charge is -2.11. The molecule has 1 atom stereocenters. The highest BCUT2D eigenvalue weighted by molar-refractivity contribution is 5.92. The first-order valence-corrected chi connectivity index (χ1v) is 7.08. The minimum absolute atomic E-state index is 0.122. The molecule has 2 aromatic rings. The zero-order valence-corrected chi connectivity index (χ0v) is 12.6. The molecule has 0 radical (unpaired) electrons. The molecule has 1 amide bonds. The summed E-state index contributed by atoms with van der Waals surface area (Å²) in [6.07, 6.45) is 2.93. The van der Waals surface area contributed by atoms with E-state index in [2.05, 4.69) is 18.3 Å². The molecule has 21 heavy (non-hydrogen) atoms. The van der Waals surface area contributed by atoms with E-state index in [0.29, 0.717) is 5.69 Å². The van der Waals surface area contributed by atoms with Gasteiger partial charge in [-0.3, -0.25) is 4.79 Å². The Morgan fingerprint density at radius 3 is 2.52 bits per heavy atom. The number of aryl methyl sites for hydroxylation is 2. The second-order valence-corrected chi connectivity index (χ2v) is 5.11. The van der Waals surface area contributed by atoms with Crippen LogP contribution in [0.5, 0.6) is 0 Å². The molecule has 0 bridgehead atoms. The van der Waals surface area contributed by atoms with Gasteiger partial charge < -0.3 is 5.32 Å². The number of benzene rings is 1. The van der Waals surface area contributed by atoms with Gasteiger partial charge in [0, 0.05) is 31.2 Å². The van der Waals surface area contributed by atoms with Crippen molar-refractivity contribution in [1.29, 1.82) is 0 Å². The molecule has 4 heteroatoms. The zero-order valence-electron chi connectivity index (χ0n) is 12.6. The van der Waals surface area contributed by atoms with Gasteiger partial charge in [0.25, 0.3) is 5.91 Å². The van der Waals surface area contributed by atoms with Gasteiger partial charge in [0.1, 0.15) is 5.82 Å². The first kappa shape index (κ1) is 15.2. The number of carbonyl (C=O) groups excluding carboxylic acids is 1. The molecule has 110 valence electrons. The van der Waals surface area contributed by atoms with E-state index in [4.69, 9.17) is 0 Å². The third-order valence-electron chi connectivity index (χ3n) is 3.57. The van der Waals surface area contributed by atoms with Crippen LogP contribution in [0.25, 0.3) is 0 Å². The lowest BCUT2D eigenvalue weighted by Crippen LogP contribution is -2.47. The molecule has 1 aromatic carbocycles. The van der Waals surface area contributed by atoms with Crippen LogP contribution in [0.15, 0.2) is 42.6 Å². The van der Waals surface area contributed by atoms with Crippen molar-refractivity contribution in [1.82, 2.24) is 0 Å². The van der Waals surface area contributed by atoms with Gasteiger partial charge in [0.2, 0.25) is 6.04 Å². The number of nitrogens with one attached hydrogen (secondary N) is 1. The molecule has 0 aliphatic carbocycles. The van der Waals surface area contributed by atoms with Crippen molar-refractivity contribution < 1.29 is 13.8 Å². The zero-order chi connectivity index (χ0) is 15.4. The van der Waals surface area contributed by atoms with Crippen molar-refractivity contribution in [3.8, 4) is 0 Å². The average Bonchev–Trinajstić information content (AvgIpc) is 2.49. The SMILES string of the molecule is CCc1ccc(C)[n+]([C@@H](C)C(=O)Nc2ccc(F)cc2)c1. The molecule has 0 unspecified atom stereocenters. The molecule has 0 fully saturated rings. The van der Waals surface area contributed by atoms with Gasteiger partial charge in [-0.1, -0.05) is 6.92 Å². The monoisotopic (exact) mass is 287 g/mol. The fraction of sp³-hybridized carbons (Fsp3) is 0.294. The van der Waals surface area contributed by atoms with Crippen LogP contribution in [0.2, 0.25) is 0 Å². The molecule has 2 rings (SSSR count). The molecule has 1 N–H and O–H groups in total. The van der Waals surface area contributed by atoms with Gasteiger partial charge in [-0.05, 0) is 36.8 Å². The Morgan fingerprint density at radius 1 is 1.24 bits per heavy atom. The largest absolute Gasteiger partial charge is 0.320 e. The van der Waals surface area contributed by atoms with Gasteiger partial charge in [0.15, 0.2) is 11.9 Å². The third-order valence-corrected chi connectivity index (χ3v) is 3.57. The average molecular weight is 287 g/mol. The predicted octanol–water partition coefficient (Wildman–Crippen LogP) is 3.18. The lowest BCUT2D eigenvalue weighted by molar-refractivity contribution is -0.711. The summed E-state index contributed by atoms with van der Waals surface area (Å²) in [7, 11) is 0. The Labute approximate surface area is 124 Å². The van der Waals surface area contributed by atoms with Gasteiger partial charge in [-0.15, -0.1) is 0 Å². The lowest BCUT2D eigenvalue weighted by atomic mass is 10.2. The summed E-state index contributed by atoms with van der Waals surface area (Å²) >= 11 is 0. The molecule has 0 aliphatic rings. The van der Waals surface area contributed by atoms with Crippen molar-refractivity contribution >= 4 is 11.6 Å². The second-order valence-electron chi connectivity index (χ2n) is 5.11. The summed E-state index contributed by atoms with van der Waals surface area (Å²) in [4.78, 5) is 12.3. The van der Waals surface area contributed by atoms with E-state index in [1.807, 2.05) is 30.7 Å². The van der Waals surface area contributed by atoms with Crippen LogP contribution in [0.4, 0.5) is 10.1 Å². The first-order chi connectivity index (χ1) is 10.0. The summed E-state index contributed by atoms with van der Waals surface area (Å²) in [5.74, 6) is -0.440.